The SMILES string of the molecule is CC(C)(C)ON(C=O)CCn1c(C2CC2)c(C(N)=O)c2nc[nH]c(=O)c21. The zero-order chi connectivity index (χ0) is 19.1. The number of nitrogens with two attached hydrogens (primary N) is 1. The van der Waals surface area contributed by atoms with Crippen molar-refractivity contribution in [3.63, 3.8) is 0 Å². The molecule has 3 N–H and O–H groups in total. The Morgan fingerprint density at radius 2 is 2.19 bits per heavy atom. The maximum atomic E-state index is 12.4. The molecule has 140 valence electrons. The number of carbonyl (C=O) groups is 2. The van der Waals surface area contributed by atoms with Crippen molar-refractivity contribution in [2.45, 2.75) is 51.7 Å². The zero-order valence-corrected chi connectivity index (χ0v) is 15.1. The van der Waals surface area contributed by atoms with Crippen LogP contribution in [0, 0.1) is 0 Å². The van der Waals surface area contributed by atoms with E-state index in [9.17, 15) is 14.4 Å². The highest BCUT2D eigenvalue weighted by molar-refractivity contribution is 6.06. The van der Waals surface area contributed by atoms with Crippen molar-refractivity contribution in [3.8, 4) is 0 Å². The van der Waals surface area contributed by atoms with E-state index in [1.54, 1.807) is 4.57 Å². The van der Waals surface area contributed by atoms with Gasteiger partial charge in [-0.05, 0) is 33.6 Å². The maximum Gasteiger partial charge on any atom is 0.275 e. The van der Waals surface area contributed by atoms with Crippen LogP contribution in [-0.2, 0) is 16.2 Å². The number of hydrogen-bond acceptors (Lipinski definition) is 5. The minimum Gasteiger partial charge on any atom is -0.365 e. The van der Waals surface area contributed by atoms with Gasteiger partial charge in [-0.2, -0.15) is 0 Å². The fourth-order valence-corrected chi connectivity index (χ4v) is 3.13. The van der Waals surface area contributed by atoms with Crippen molar-refractivity contribution in [1.82, 2.24) is 19.6 Å². The normalized spacial score (nSPS) is 14.6. The summed E-state index contributed by atoms with van der Waals surface area (Å²) in [7, 11) is 0. The number of rotatable bonds is 7. The van der Waals surface area contributed by atoms with Crippen molar-refractivity contribution in [1.29, 1.82) is 0 Å². The molecule has 1 fully saturated rings. The molecule has 0 saturated heterocycles. The van der Waals surface area contributed by atoms with Crippen molar-refractivity contribution in [2.24, 2.45) is 5.73 Å². The van der Waals surface area contributed by atoms with Crippen LogP contribution in [0.25, 0.3) is 11.0 Å². The number of aromatic nitrogens is 3. The standard InChI is InChI=1S/C17H23N5O4/c1-17(2,3)26-21(9-23)6-7-22-13(10-4-5-10)11(15(18)24)12-14(22)16(25)20-8-19-12/h8-10H,4-7H2,1-3H3,(H2,18,24)(H,19,20,25). The molecule has 26 heavy (non-hydrogen) atoms. The Hall–Kier alpha value is -2.68. The first-order chi connectivity index (χ1) is 12.2. The largest absolute Gasteiger partial charge is 0.365 e. The van der Waals surface area contributed by atoms with Gasteiger partial charge in [-0.25, -0.2) is 10.0 Å². The van der Waals surface area contributed by atoms with Crippen molar-refractivity contribution < 1.29 is 14.4 Å². The molecule has 0 bridgehead atoms. The maximum absolute atomic E-state index is 12.4. The minimum atomic E-state index is -0.605. The first-order valence-electron chi connectivity index (χ1n) is 8.53. The average molecular weight is 361 g/mol. The summed E-state index contributed by atoms with van der Waals surface area (Å²) in [6.07, 6.45) is 3.71. The molecule has 1 aliphatic carbocycles. The summed E-state index contributed by atoms with van der Waals surface area (Å²) in [4.78, 5) is 48.0. The number of fused-ring (bicyclic) bond motifs is 1. The molecule has 2 aromatic heterocycles. The third kappa shape index (κ3) is 3.48. The molecule has 2 heterocycles. The van der Waals surface area contributed by atoms with E-state index in [-0.39, 0.29) is 18.0 Å². The summed E-state index contributed by atoms with van der Waals surface area (Å²) in [5.74, 6) is -0.439. The summed E-state index contributed by atoms with van der Waals surface area (Å²) < 4.78 is 1.75. The summed E-state index contributed by atoms with van der Waals surface area (Å²) >= 11 is 0. The lowest BCUT2D eigenvalue weighted by atomic mass is 10.1. The Balaban J connectivity index is 2.04. The Morgan fingerprint density at radius 1 is 1.50 bits per heavy atom. The second kappa shape index (κ2) is 6.56. The predicted molar refractivity (Wildman–Crippen MR) is 94.5 cm³/mol. The lowest BCUT2D eigenvalue weighted by Crippen LogP contribution is -2.35. The van der Waals surface area contributed by atoms with Gasteiger partial charge in [0.2, 0.25) is 6.41 Å². The van der Waals surface area contributed by atoms with E-state index >= 15 is 0 Å². The Bertz CT molecular complexity index is 904. The monoisotopic (exact) mass is 361 g/mol. The van der Waals surface area contributed by atoms with Gasteiger partial charge in [0.15, 0.2) is 0 Å². The van der Waals surface area contributed by atoms with Gasteiger partial charge in [-0.1, -0.05) is 0 Å². The van der Waals surface area contributed by atoms with Gasteiger partial charge in [-0.15, -0.1) is 0 Å². The molecular weight excluding hydrogens is 338 g/mol. The number of hydroxylamine groups is 2. The van der Waals surface area contributed by atoms with Gasteiger partial charge in [0.1, 0.15) is 11.0 Å². The molecule has 2 amide bonds. The first-order valence-corrected chi connectivity index (χ1v) is 8.53. The molecule has 0 aliphatic heterocycles. The number of primary amides is 1. The Labute approximate surface area is 150 Å². The van der Waals surface area contributed by atoms with Crippen LogP contribution in [0.15, 0.2) is 11.1 Å². The molecular formula is C17H23N5O4. The second-order valence-corrected chi connectivity index (χ2v) is 7.43. The van der Waals surface area contributed by atoms with Crippen LogP contribution in [-0.4, -0.2) is 44.1 Å². The molecule has 2 aromatic rings. The third-order valence-electron chi connectivity index (χ3n) is 4.15. The molecule has 9 nitrogen and oxygen atoms in total. The van der Waals surface area contributed by atoms with Crippen molar-refractivity contribution in [2.75, 3.05) is 6.54 Å². The van der Waals surface area contributed by atoms with E-state index in [1.807, 2.05) is 20.8 Å². The van der Waals surface area contributed by atoms with Crippen molar-refractivity contribution >= 4 is 23.4 Å². The number of carbonyl (C=O) groups excluding carboxylic acids is 2. The van der Waals surface area contributed by atoms with Crippen LogP contribution < -0.4 is 11.3 Å². The minimum absolute atomic E-state index is 0.166. The third-order valence-corrected chi connectivity index (χ3v) is 4.15. The molecule has 1 saturated carbocycles. The predicted octanol–water partition coefficient (Wildman–Crippen LogP) is 0.889. The highest BCUT2D eigenvalue weighted by Crippen LogP contribution is 2.44. The zero-order valence-electron chi connectivity index (χ0n) is 15.1. The highest BCUT2D eigenvalue weighted by atomic mass is 16.7. The van der Waals surface area contributed by atoms with Crippen LogP contribution in [0.1, 0.15) is 55.6 Å². The number of H-pyrrole nitrogens is 1. The van der Waals surface area contributed by atoms with E-state index in [1.165, 1.54) is 11.4 Å². The van der Waals surface area contributed by atoms with E-state index in [0.717, 1.165) is 18.5 Å². The molecule has 1 aliphatic rings. The molecule has 0 radical (unpaired) electrons. The molecule has 0 aromatic carbocycles. The van der Waals surface area contributed by atoms with Crippen LogP contribution in [0.4, 0.5) is 0 Å². The van der Waals surface area contributed by atoms with E-state index < -0.39 is 11.5 Å². The van der Waals surface area contributed by atoms with Crippen LogP contribution in [0.2, 0.25) is 0 Å². The van der Waals surface area contributed by atoms with Gasteiger partial charge in [0, 0.05) is 18.2 Å². The number of hydrogen-bond donors (Lipinski definition) is 2. The summed E-state index contributed by atoms with van der Waals surface area (Å²) in [6, 6.07) is 0. The van der Waals surface area contributed by atoms with Gasteiger partial charge >= 0.3 is 0 Å². The molecule has 0 spiro atoms. The lowest BCUT2D eigenvalue weighted by Gasteiger charge is -2.27. The second-order valence-electron chi connectivity index (χ2n) is 7.43. The van der Waals surface area contributed by atoms with Crippen LogP contribution in [0.3, 0.4) is 0 Å². The fraction of sp³-hybridized carbons (Fsp3) is 0.529. The molecule has 9 heteroatoms. The first kappa shape index (κ1) is 18.1. The highest BCUT2D eigenvalue weighted by Gasteiger charge is 2.35. The summed E-state index contributed by atoms with van der Waals surface area (Å²) in [6.45, 7) is 6.02. The Kier molecular flexibility index (Phi) is 4.57. The van der Waals surface area contributed by atoms with Gasteiger partial charge in [0.05, 0.1) is 24.0 Å². The molecule has 0 unspecified atom stereocenters. The van der Waals surface area contributed by atoms with E-state index in [2.05, 4.69) is 9.97 Å². The van der Waals surface area contributed by atoms with Crippen molar-refractivity contribution in [3.05, 3.63) is 27.9 Å². The van der Waals surface area contributed by atoms with E-state index in [4.69, 9.17) is 10.6 Å². The number of nitrogens with one attached hydrogen (secondary N) is 1. The topological polar surface area (TPSA) is 123 Å². The number of nitrogens with zero attached hydrogens (tertiary/aromatic N) is 3. The van der Waals surface area contributed by atoms with Crippen LogP contribution in [0.5, 0.6) is 0 Å². The molecule has 0 atom stereocenters. The van der Waals surface area contributed by atoms with Crippen LogP contribution >= 0.6 is 0 Å². The lowest BCUT2D eigenvalue weighted by molar-refractivity contribution is -0.216. The average Bonchev–Trinajstić information content (AvgIpc) is 3.32. The smallest absolute Gasteiger partial charge is 0.275 e. The van der Waals surface area contributed by atoms with Gasteiger partial charge in [0.25, 0.3) is 11.5 Å². The van der Waals surface area contributed by atoms with Gasteiger partial charge in [-0.3, -0.25) is 19.2 Å². The van der Waals surface area contributed by atoms with E-state index in [0.29, 0.717) is 29.6 Å². The number of aromatic amines is 1. The summed E-state index contributed by atoms with van der Waals surface area (Å²) in [5, 5.41) is 1.19. The Morgan fingerprint density at radius 3 is 2.73 bits per heavy atom. The molecule has 3 rings (SSSR count). The quantitative estimate of drug-likeness (QED) is 0.560. The summed E-state index contributed by atoms with van der Waals surface area (Å²) in [5.41, 5.74) is 6.31. The van der Waals surface area contributed by atoms with Gasteiger partial charge < -0.3 is 15.3 Å². The fourth-order valence-electron chi connectivity index (χ4n) is 3.13. The number of amides is 2.